The van der Waals surface area contributed by atoms with E-state index >= 15 is 0 Å². The van der Waals surface area contributed by atoms with Gasteiger partial charge in [0.2, 0.25) is 0 Å². The van der Waals surface area contributed by atoms with Gasteiger partial charge in [0.15, 0.2) is 0 Å². The summed E-state index contributed by atoms with van der Waals surface area (Å²) < 4.78 is 10.0. The Hall–Kier alpha value is -1.60. The minimum atomic E-state index is -0.853. The van der Waals surface area contributed by atoms with Gasteiger partial charge in [0, 0.05) is 29.3 Å². The number of carbonyl (C=O) groups is 2. The Labute approximate surface area is 163 Å². The molecule has 0 aliphatic carbocycles. The number of nitrogens with one attached hydrogen (secondary N) is 1. The number of amides is 1. The highest BCUT2D eigenvalue weighted by molar-refractivity contribution is 6.35. The average Bonchev–Trinajstić information content (AvgIpc) is 2.81. The van der Waals surface area contributed by atoms with Crippen molar-refractivity contribution in [2.75, 3.05) is 27.4 Å². The maximum atomic E-state index is 12.5. The number of benzene rings is 1. The molecular formula is C18H22Cl2N2O4. The number of halogens is 2. The lowest BCUT2D eigenvalue weighted by molar-refractivity contribution is -0.144. The molecule has 2 rings (SSSR count). The van der Waals surface area contributed by atoms with E-state index in [-0.39, 0.29) is 5.91 Å². The van der Waals surface area contributed by atoms with Crippen molar-refractivity contribution in [3.05, 3.63) is 45.0 Å². The molecule has 142 valence electrons. The van der Waals surface area contributed by atoms with E-state index in [1.165, 1.54) is 7.11 Å². The summed E-state index contributed by atoms with van der Waals surface area (Å²) in [4.78, 5) is 26.6. The Morgan fingerprint density at radius 3 is 2.58 bits per heavy atom. The van der Waals surface area contributed by atoms with Gasteiger partial charge in [-0.15, -0.1) is 0 Å². The van der Waals surface area contributed by atoms with Crippen LogP contribution in [0.25, 0.3) is 0 Å². The molecule has 0 spiro atoms. The predicted octanol–water partition coefficient (Wildman–Crippen LogP) is 2.95. The zero-order chi connectivity index (χ0) is 19.4. The molecule has 8 heteroatoms. The number of methoxy groups -OCH3 is 2. The molecule has 26 heavy (non-hydrogen) atoms. The number of carbonyl (C=O) groups excluding carboxylic acids is 2. The van der Waals surface area contributed by atoms with Crippen molar-refractivity contribution in [1.29, 1.82) is 0 Å². The zero-order valence-corrected chi connectivity index (χ0v) is 16.6. The van der Waals surface area contributed by atoms with Gasteiger partial charge in [0.25, 0.3) is 5.91 Å². The highest BCUT2D eigenvalue weighted by Gasteiger charge is 2.38. The fraction of sp³-hybridized carbons (Fsp3) is 0.444. The summed E-state index contributed by atoms with van der Waals surface area (Å²) in [7, 11) is 2.87. The topological polar surface area (TPSA) is 67.9 Å². The van der Waals surface area contributed by atoms with Crippen LogP contribution >= 0.6 is 23.2 Å². The molecule has 1 aromatic rings. The van der Waals surface area contributed by atoms with Crippen LogP contribution in [0.2, 0.25) is 10.0 Å². The maximum absolute atomic E-state index is 12.5. The lowest BCUT2D eigenvalue weighted by Crippen LogP contribution is -2.49. The van der Waals surface area contributed by atoms with Crippen LogP contribution in [0.1, 0.15) is 25.5 Å². The van der Waals surface area contributed by atoms with Gasteiger partial charge in [-0.3, -0.25) is 10.1 Å². The third kappa shape index (κ3) is 4.20. The second-order valence-corrected chi connectivity index (χ2v) is 6.83. The van der Waals surface area contributed by atoms with E-state index in [9.17, 15) is 9.59 Å². The van der Waals surface area contributed by atoms with E-state index in [4.69, 9.17) is 32.7 Å². The van der Waals surface area contributed by atoms with Gasteiger partial charge in [-0.1, -0.05) is 29.3 Å². The molecule has 1 aliphatic rings. The zero-order valence-electron chi connectivity index (χ0n) is 15.1. The predicted molar refractivity (Wildman–Crippen MR) is 100 cm³/mol. The summed E-state index contributed by atoms with van der Waals surface area (Å²) in [5.74, 6) is -0.603. The summed E-state index contributed by atoms with van der Waals surface area (Å²) in [6.45, 7) is 4.40. The Balaban J connectivity index is 2.37. The summed E-state index contributed by atoms with van der Waals surface area (Å²) in [6, 6.07) is 4.03. The third-order valence-electron chi connectivity index (χ3n) is 4.47. The first-order valence-corrected chi connectivity index (χ1v) is 8.83. The van der Waals surface area contributed by atoms with Gasteiger partial charge in [0.05, 0.1) is 13.7 Å². The highest BCUT2D eigenvalue weighted by Crippen LogP contribution is 2.30. The van der Waals surface area contributed by atoms with Crippen molar-refractivity contribution >= 4 is 35.1 Å². The van der Waals surface area contributed by atoms with Crippen LogP contribution in [0.15, 0.2) is 29.3 Å². The van der Waals surface area contributed by atoms with Crippen molar-refractivity contribution < 1.29 is 19.1 Å². The normalized spacial score (nSPS) is 18.5. The van der Waals surface area contributed by atoms with E-state index in [1.54, 1.807) is 37.1 Å². The van der Waals surface area contributed by atoms with E-state index < -0.39 is 18.2 Å². The van der Waals surface area contributed by atoms with Crippen LogP contribution in [0.5, 0.6) is 0 Å². The minimum Gasteiger partial charge on any atom is -0.468 e. The molecule has 0 saturated carbocycles. The number of rotatable bonds is 7. The minimum absolute atomic E-state index is 0.0946. The molecule has 0 bridgehead atoms. The molecule has 0 saturated heterocycles. The Kier molecular flexibility index (Phi) is 7.06. The third-order valence-corrected chi connectivity index (χ3v) is 5.03. The van der Waals surface area contributed by atoms with E-state index in [0.29, 0.717) is 34.3 Å². The van der Waals surface area contributed by atoms with Crippen molar-refractivity contribution in [1.82, 2.24) is 10.2 Å². The van der Waals surface area contributed by atoms with Crippen LogP contribution in [-0.2, 0) is 19.1 Å². The van der Waals surface area contributed by atoms with Gasteiger partial charge in [-0.05, 0) is 37.1 Å². The Bertz CT molecular complexity index is 736. The smallest absolute Gasteiger partial charge is 0.327 e. The van der Waals surface area contributed by atoms with Crippen molar-refractivity contribution in [3.8, 4) is 0 Å². The molecule has 1 heterocycles. The fourth-order valence-corrected chi connectivity index (χ4v) is 3.39. The summed E-state index contributed by atoms with van der Waals surface area (Å²) in [5, 5.41) is 4.01. The molecule has 2 atom stereocenters. The van der Waals surface area contributed by atoms with Crippen molar-refractivity contribution in [3.63, 3.8) is 0 Å². The number of esters is 1. The first-order valence-electron chi connectivity index (χ1n) is 8.07. The monoisotopic (exact) mass is 400 g/mol. The van der Waals surface area contributed by atoms with Crippen LogP contribution in [0.4, 0.5) is 0 Å². The molecule has 0 radical (unpaired) electrons. The molecule has 1 N–H and O–H groups in total. The Morgan fingerprint density at radius 1 is 1.31 bits per heavy atom. The van der Waals surface area contributed by atoms with Gasteiger partial charge < -0.3 is 14.4 Å². The first-order chi connectivity index (χ1) is 12.3. The lowest BCUT2D eigenvalue weighted by atomic mass is 10.1. The van der Waals surface area contributed by atoms with E-state index in [2.05, 4.69) is 5.32 Å². The summed E-state index contributed by atoms with van der Waals surface area (Å²) in [6.07, 6.45) is -0.464. The van der Waals surface area contributed by atoms with Crippen molar-refractivity contribution in [2.45, 2.75) is 26.1 Å². The largest absolute Gasteiger partial charge is 0.468 e. The molecule has 1 amide bonds. The number of nitrogens with zero attached hydrogens (tertiary/aromatic N) is 1. The maximum Gasteiger partial charge on any atom is 0.327 e. The van der Waals surface area contributed by atoms with Crippen LogP contribution < -0.4 is 5.32 Å². The summed E-state index contributed by atoms with van der Waals surface area (Å²) in [5.41, 5.74) is 2.01. The molecule has 0 aromatic heterocycles. The first kappa shape index (κ1) is 20.7. The molecule has 6 nitrogen and oxygen atoms in total. The molecule has 1 aromatic carbocycles. The average molecular weight is 401 g/mol. The second kappa shape index (κ2) is 8.86. The van der Waals surface area contributed by atoms with Gasteiger partial charge in [0.1, 0.15) is 12.2 Å². The lowest BCUT2D eigenvalue weighted by Gasteiger charge is -2.30. The van der Waals surface area contributed by atoms with E-state index in [1.807, 2.05) is 6.92 Å². The quantitative estimate of drug-likeness (QED) is 0.712. The molecule has 1 aliphatic heterocycles. The van der Waals surface area contributed by atoms with Crippen LogP contribution in [0.3, 0.4) is 0 Å². The number of hydrogen-bond acceptors (Lipinski definition) is 5. The second-order valence-electron chi connectivity index (χ2n) is 5.99. The molecular weight excluding hydrogens is 379 g/mol. The SMILES string of the molecule is COCCN1C(=O)C(C)=C(C)[C@H]1N[C@@H](C(=O)OC)c1ccc(Cl)cc1Cl. The van der Waals surface area contributed by atoms with Gasteiger partial charge in [-0.2, -0.15) is 0 Å². The van der Waals surface area contributed by atoms with Crippen LogP contribution in [0, 0.1) is 0 Å². The standard InChI is InChI=1S/C18H22Cl2N2O4/c1-10-11(2)17(23)22(7-8-25-3)16(10)21-15(18(24)26-4)13-6-5-12(19)9-14(13)20/h5-6,9,15-16,21H,7-8H2,1-4H3/t15-,16+/m1/s1. The summed E-state index contributed by atoms with van der Waals surface area (Å²) >= 11 is 12.2. The number of ether oxygens (including phenoxy) is 2. The number of hydrogen-bond donors (Lipinski definition) is 1. The van der Waals surface area contributed by atoms with Gasteiger partial charge >= 0.3 is 5.97 Å². The fourth-order valence-electron chi connectivity index (χ4n) is 2.87. The Morgan fingerprint density at radius 2 is 2.00 bits per heavy atom. The molecule has 0 fully saturated rings. The molecule has 0 unspecified atom stereocenters. The van der Waals surface area contributed by atoms with Gasteiger partial charge in [-0.25, -0.2) is 4.79 Å². The highest BCUT2D eigenvalue weighted by atomic mass is 35.5. The van der Waals surface area contributed by atoms with Crippen LogP contribution in [-0.4, -0.2) is 50.3 Å². The van der Waals surface area contributed by atoms with E-state index in [0.717, 1.165) is 5.57 Å². The van der Waals surface area contributed by atoms with Crippen molar-refractivity contribution in [2.24, 2.45) is 0 Å².